The number of benzene rings is 2. The third-order valence-corrected chi connectivity index (χ3v) is 5.55. The molecule has 1 fully saturated rings. The molecule has 1 heterocycles. The van der Waals surface area contributed by atoms with E-state index in [1.165, 1.54) is 31.2 Å². The minimum Gasteiger partial charge on any atom is -0.487 e. The predicted molar refractivity (Wildman–Crippen MR) is 111 cm³/mol. The number of carbonyl (C=O) groups excluding carboxylic acids is 2. The number of amides is 2. The third-order valence-electron chi connectivity index (χ3n) is 4.16. The monoisotopic (exact) mass is 445 g/mol. The van der Waals surface area contributed by atoms with Gasteiger partial charge in [-0.15, -0.1) is 0 Å². The van der Waals surface area contributed by atoms with Crippen LogP contribution in [0.15, 0.2) is 54.2 Å². The van der Waals surface area contributed by atoms with E-state index >= 15 is 0 Å². The van der Waals surface area contributed by atoms with E-state index in [-0.39, 0.29) is 23.7 Å². The van der Waals surface area contributed by atoms with Gasteiger partial charge in [0, 0.05) is 6.92 Å². The number of rotatable bonds is 7. The van der Waals surface area contributed by atoms with Crippen LogP contribution in [0.3, 0.4) is 0 Å². The molecule has 0 spiro atoms. The standard InChI is InChI=1S/C20H19N3O7S/c1-13(24)21-16(20(26)27)9-15-7-8-17(23-11-19(25)22-31(23,28)29)18(10-15)30-12-14-5-3-2-4-6-14/h2-10H,11-12H2,1H3,(H,21,24)(H,22,25)(H,26,27)/b16-9+. The second-order valence-corrected chi connectivity index (χ2v) is 8.18. The van der Waals surface area contributed by atoms with Gasteiger partial charge in [-0.25, -0.2) is 13.8 Å². The molecule has 0 atom stereocenters. The Morgan fingerprint density at radius 2 is 1.94 bits per heavy atom. The molecule has 0 radical (unpaired) electrons. The van der Waals surface area contributed by atoms with E-state index in [0.29, 0.717) is 5.56 Å². The van der Waals surface area contributed by atoms with Crippen LogP contribution in [0.25, 0.3) is 6.08 Å². The molecule has 0 bridgehead atoms. The first-order chi connectivity index (χ1) is 14.7. The zero-order valence-corrected chi connectivity index (χ0v) is 17.2. The molecule has 2 aromatic rings. The SMILES string of the molecule is CC(=O)N/C(=C/c1ccc(N2CC(=O)NS2(=O)=O)c(OCc2ccccc2)c1)C(=O)O. The molecule has 1 aliphatic rings. The maximum absolute atomic E-state index is 12.3. The van der Waals surface area contributed by atoms with Crippen LogP contribution in [0.1, 0.15) is 18.1 Å². The number of carbonyl (C=O) groups is 3. The van der Waals surface area contributed by atoms with Gasteiger partial charge in [0.2, 0.25) is 5.91 Å². The summed E-state index contributed by atoms with van der Waals surface area (Å²) in [5.74, 6) is -2.47. The Bertz CT molecular complexity index is 1160. The molecule has 11 heteroatoms. The van der Waals surface area contributed by atoms with Crippen LogP contribution in [-0.4, -0.2) is 37.9 Å². The maximum atomic E-state index is 12.3. The summed E-state index contributed by atoms with van der Waals surface area (Å²) in [7, 11) is -4.07. The summed E-state index contributed by atoms with van der Waals surface area (Å²) < 4.78 is 33.1. The van der Waals surface area contributed by atoms with Gasteiger partial charge in [-0.1, -0.05) is 36.4 Å². The van der Waals surface area contributed by atoms with E-state index in [1.807, 2.05) is 35.1 Å². The molecule has 3 rings (SSSR count). The lowest BCUT2D eigenvalue weighted by atomic mass is 10.1. The zero-order chi connectivity index (χ0) is 22.6. The van der Waals surface area contributed by atoms with E-state index in [0.717, 1.165) is 9.87 Å². The average Bonchev–Trinajstić information content (AvgIpc) is 2.98. The zero-order valence-electron chi connectivity index (χ0n) is 16.4. The number of ether oxygens (including phenoxy) is 1. The first-order valence-electron chi connectivity index (χ1n) is 9.02. The van der Waals surface area contributed by atoms with E-state index in [4.69, 9.17) is 4.74 Å². The van der Waals surface area contributed by atoms with Gasteiger partial charge in [-0.3, -0.25) is 9.59 Å². The quantitative estimate of drug-likeness (QED) is 0.540. The lowest BCUT2D eigenvalue weighted by Crippen LogP contribution is -2.29. The number of hydrogen-bond acceptors (Lipinski definition) is 6. The van der Waals surface area contributed by atoms with Crippen LogP contribution in [0.5, 0.6) is 5.75 Å². The van der Waals surface area contributed by atoms with Crippen LogP contribution in [0, 0.1) is 0 Å². The Labute approximate surface area is 178 Å². The normalized spacial score (nSPS) is 15.3. The van der Waals surface area contributed by atoms with Crippen LogP contribution in [-0.2, 0) is 31.2 Å². The topological polar surface area (TPSA) is 142 Å². The van der Waals surface area contributed by atoms with Crippen LogP contribution < -0.4 is 19.1 Å². The molecule has 0 unspecified atom stereocenters. The summed E-state index contributed by atoms with van der Waals surface area (Å²) in [6.07, 6.45) is 1.21. The van der Waals surface area contributed by atoms with Crippen molar-refractivity contribution in [3.05, 3.63) is 65.4 Å². The minimum absolute atomic E-state index is 0.105. The molecule has 1 saturated heterocycles. The largest absolute Gasteiger partial charge is 0.487 e. The molecule has 1 aliphatic heterocycles. The number of carboxylic acid groups (broad SMARTS) is 1. The van der Waals surface area contributed by atoms with Crippen molar-refractivity contribution in [2.24, 2.45) is 0 Å². The summed E-state index contributed by atoms with van der Waals surface area (Å²) >= 11 is 0. The highest BCUT2D eigenvalue weighted by Gasteiger charge is 2.35. The fourth-order valence-electron chi connectivity index (χ4n) is 2.85. The molecule has 0 saturated carbocycles. The van der Waals surface area contributed by atoms with Gasteiger partial charge in [-0.2, -0.15) is 8.42 Å². The van der Waals surface area contributed by atoms with Crippen molar-refractivity contribution in [2.75, 3.05) is 10.8 Å². The van der Waals surface area contributed by atoms with Gasteiger partial charge >= 0.3 is 16.2 Å². The number of carboxylic acids is 1. The molecular formula is C20H19N3O7S. The first kappa shape index (κ1) is 21.8. The highest BCUT2D eigenvalue weighted by atomic mass is 32.2. The highest BCUT2D eigenvalue weighted by Crippen LogP contribution is 2.33. The Kier molecular flexibility index (Phi) is 6.25. The number of anilines is 1. The Morgan fingerprint density at radius 1 is 1.23 bits per heavy atom. The minimum atomic E-state index is -4.07. The van der Waals surface area contributed by atoms with Crippen LogP contribution in [0.2, 0.25) is 0 Å². The van der Waals surface area contributed by atoms with Gasteiger partial charge in [0.05, 0.1) is 5.69 Å². The summed E-state index contributed by atoms with van der Waals surface area (Å²) in [5.41, 5.74) is 0.911. The highest BCUT2D eigenvalue weighted by molar-refractivity contribution is 7.92. The van der Waals surface area contributed by atoms with Crippen molar-refractivity contribution in [1.82, 2.24) is 10.0 Å². The number of nitrogens with zero attached hydrogens (tertiary/aromatic N) is 1. The summed E-state index contributed by atoms with van der Waals surface area (Å²) in [6.45, 7) is 0.871. The fourth-order valence-corrected chi connectivity index (χ4v) is 4.01. The molecule has 31 heavy (non-hydrogen) atoms. The summed E-state index contributed by atoms with van der Waals surface area (Å²) in [4.78, 5) is 34.3. The summed E-state index contributed by atoms with van der Waals surface area (Å²) in [5, 5.41) is 11.5. The molecule has 0 aliphatic carbocycles. The Morgan fingerprint density at radius 3 is 2.52 bits per heavy atom. The van der Waals surface area contributed by atoms with Crippen molar-refractivity contribution < 1.29 is 32.6 Å². The van der Waals surface area contributed by atoms with Crippen LogP contribution in [0.4, 0.5) is 5.69 Å². The predicted octanol–water partition coefficient (Wildman–Crippen LogP) is 1.01. The maximum Gasteiger partial charge on any atom is 0.352 e. The third kappa shape index (κ3) is 5.39. The average molecular weight is 445 g/mol. The molecular weight excluding hydrogens is 426 g/mol. The molecule has 10 nitrogen and oxygen atoms in total. The van der Waals surface area contributed by atoms with Gasteiger partial charge in [0.1, 0.15) is 24.6 Å². The number of hydrogen-bond donors (Lipinski definition) is 3. The Balaban J connectivity index is 2.01. The Hall–Kier alpha value is -3.86. The molecule has 2 amide bonds. The smallest absolute Gasteiger partial charge is 0.352 e. The second-order valence-electron chi connectivity index (χ2n) is 6.58. The van der Waals surface area contributed by atoms with Crippen LogP contribution >= 0.6 is 0 Å². The molecule has 0 aromatic heterocycles. The van der Waals surface area contributed by atoms with E-state index < -0.39 is 34.5 Å². The van der Waals surface area contributed by atoms with Crippen molar-refractivity contribution in [3.63, 3.8) is 0 Å². The molecule has 3 N–H and O–H groups in total. The fraction of sp³-hybridized carbons (Fsp3) is 0.150. The van der Waals surface area contributed by atoms with Crippen molar-refractivity contribution in [2.45, 2.75) is 13.5 Å². The first-order valence-corrected chi connectivity index (χ1v) is 10.5. The number of aliphatic carboxylic acids is 1. The van der Waals surface area contributed by atoms with Gasteiger partial charge in [0.15, 0.2) is 0 Å². The van der Waals surface area contributed by atoms with E-state index in [1.54, 1.807) is 0 Å². The summed E-state index contributed by atoms with van der Waals surface area (Å²) in [6, 6.07) is 13.4. The van der Waals surface area contributed by atoms with Gasteiger partial charge in [-0.05, 0) is 29.3 Å². The second kappa shape index (κ2) is 8.88. The van der Waals surface area contributed by atoms with E-state index in [9.17, 15) is 27.9 Å². The van der Waals surface area contributed by atoms with Gasteiger partial charge < -0.3 is 15.2 Å². The number of nitrogens with one attached hydrogen (secondary N) is 2. The molecule has 162 valence electrons. The lowest BCUT2D eigenvalue weighted by Gasteiger charge is -2.19. The van der Waals surface area contributed by atoms with Crippen molar-refractivity contribution in [3.8, 4) is 5.75 Å². The van der Waals surface area contributed by atoms with Gasteiger partial charge in [0.25, 0.3) is 5.91 Å². The van der Waals surface area contributed by atoms with E-state index in [2.05, 4.69) is 5.32 Å². The van der Waals surface area contributed by atoms with Crippen molar-refractivity contribution >= 4 is 39.8 Å². The lowest BCUT2D eigenvalue weighted by molar-refractivity contribution is -0.134. The molecule has 2 aromatic carbocycles. The van der Waals surface area contributed by atoms with Crippen molar-refractivity contribution in [1.29, 1.82) is 0 Å².